The number of nitrogens with zero attached hydrogens (tertiary/aromatic N) is 4. The molecule has 1 heterocycles. The molecular formula is C23H20FN5O2. The fraction of sp³-hybridized carbons (Fsp3) is 0.130. The van der Waals surface area contributed by atoms with Crippen molar-refractivity contribution >= 4 is 5.91 Å². The summed E-state index contributed by atoms with van der Waals surface area (Å²) in [5.41, 5.74) is 1.93. The van der Waals surface area contributed by atoms with Crippen molar-refractivity contribution in [2.24, 2.45) is 0 Å². The van der Waals surface area contributed by atoms with Gasteiger partial charge in [-0.1, -0.05) is 42.5 Å². The molecule has 0 aliphatic rings. The van der Waals surface area contributed by atoms with E-state index in [1.54, 1.807) is 24.3 Å². The van der Waals surface area contributed by atoms with E-state index in [4.69, 9.17) is 4.74 Å². The van der Waals surface area contributed by atoms with Crippen molar-refractivity contribution in [2.45, 2.75) is 19.0 Å². The van der Waals surface area contributed by atoms with Crippen molar-refractivity contribution in [3.05, 3.63) is 102 Å². The van der Waals surface area contributed by atoms with Crippen LogP contribution >= 0.6 is 0 Å². The molecule has 1 atom stereocenters. The van der Waals surface area contributed by atoms with E-state index in [0.29, 0.717) is 24.5 Å². The molecule has 1 amide bonds. The lowest BCUT2D eigenvalue weighted by Gasteiger charge is -2.16. The van der Waals surface area contributed by atoms with Crippen molar-refractivity contribution in [1.82, 2.24) is 25.5 Å². The van der Waals surface area contributed by atoms with E-state index in [1.807, 2.05) is 42.5 Å². The number of hydrogen-bond donors (Lipinski definition) is 1. The van der Waals surface area contributed by atoms with E-state index in [-0.39, 0.29) is 11.7 Å². The summed E-state index contributed by atoms with van der Waals surface area (Å²) in [4.78, 5) is 12.9. The lowest BCUT2D eigenvalue weighted by Crippen LogP contribution is -2.34. The van der Waals surface area contributed by atoms with Gasteiger partial charge in [0.25, 0.3) is 0 Å². The Bertz CT molecular complexity index is 1100. The Kier molecular flexibility index (Phi) is 6.27. The Hall–Kier alpha value is -4.07. The molecule has 0 unspecified atom stereocenters. The summed E-state index contributed by atoms with van der Waals surface area (Å²) in [7, 11) is 0. The number of carbonyl (C=O) groups is 1. The molecule has 7 nitrogen and oxygen atoms in total. The summed E-state index contributed by atoms with van der Waals surface area (Å²) in [6, 6.07) is 22.3. The van der Waals surface area contributed by atoms with E-state index >= 15 is 0 Å². The highest BCUT2D eigenvalue weighted by atomic mass is 19.1. The third kappa shape index (κ3) is 5.51. The average Bonchev–Trinajstić information content (AvgIpc) is 3.34. The standard InChI is InChI=1S/C23H20FN5O2/c24-19-8-12-21(13-9-19)31-20-10-6-18(7-11-20)15-25-23(30)22(29-16-26-27-28-29)14-17-4-2-1-3-5-17/h1-13,16,22H,14-15H2,(H,25,30)/t22-/m0/s1. The monoisotopic (exact) mass is 417 g/mol. The molecule has 4 rings (SSSR count). The molecule has 3 aromatic carbocycles. The zero-order valence-electron chi connectivity index (χ0n) is 16.6. The van der Waals surface area contributed by atoms with Gasteiger partial charge in [0.15, 0.2) is 0 Å². The minimum Gasteiger partial charge on any atom is -0.457 e. The fourth-order valence-corrected chi connectivity index (χ4v) is 3.08. The molecular weight excluding hydrogens is 397 g/mol. The van der Waals surface area contributed by atoms with Crippen molar-refractivity contribution in [3.63, 3.8) is 0 Å². The Balaban J connectivity index is 1.37. The number of amides is 1. The van der Waals surface area contributed by atoms with Crippen LogP contribution < -0.4 is 10.1 Å². The number of halogens is 1. The number of hydrogen-bond acceptors (Lipinski definition) is 5. The van der Waals surface area contributed by atoms with Crippen LogP contribution in [0.3, 0.4) is 0 Å². The van der Waals surface area contributed by atoms with Gasteiger partial charge >= 0.3 is 0 Å². The van der Waals surface area contributed by atoms with Gasteiger partial charge in [-0.3, -0.25) is 4.79 Å². The Morgan fingerprint density at radius 3 is 2.26 bits per heavy atom. The van der Waals surface area contributed by atoms with Crippen molar-refractivity contribution in [2.75, 3.05) is 0 Å². The first kappa shape index (κ1) is 20.2. The lowest BCUT2D eigenvalue weighted by atomic mass is 10.1. The molecule has 0 spiro atoms. The summed E-state index contributed by atoms with van der Waals surface area (Å²) in [6.07, 6.45) is 1.91. The lowest BCUT2D eigenvalue weighted by molar-refractivity contribution is -0.124. The number of nitrogens with one attached hydrogen (secondary N) is 1. The van der Waals surface area contributed by atoms with Crippen LogP contribution in [0.1, 0.15) is 17.2 Å². The highest BCUT2D eigenvalue weighted by Gasteiger charge is 2.22. The van der Waals surface area contributed by atoms with Gasteiger partial charge in [-0.15, -0.1) is 5.10 Å². The van der Waals surface area contributed by atoms with Crippen LogP contribution in [0.2, 0.25) is 0 Å². The largest absolute Gasteiger partial charge is 0.457 e. The zero-order chi connectivity index (χ0) is 21.5. The van der Waals surface area contributed by atoms with E-state index in [9.17, 15) is 9.18 Å². The summed E-state index contributed by atoms with van der Waals surface area (Å²) < 4.78 is 20.1. The molecule has 0 radical (unpaired) electrons. The van der Waals surface area contributed by atoms with Gasteiger partial charge in [0.05, 0.1) is 0 Å². The van der Waals surface area contributed by atoms with Crippen LogP contribution in [0.4, 0.5) is 4.39 Å². The highest BCUT2D eigenvalue weighted by molar-refractivity contribution is 5.80. The molecule has 0 bridgehead atoms. The maximum Gasteiger partial charge on any atom is 0.245 e. The van der Waals surface area contributed by atoms with E-state index in [0.717, 1.165) is 11.1 Å². The summed E-state index contributed by atoms with van der Waals surface area (Å²) in [5.74, 6) is 0.679. The number of ether oxygens (including phenoxy) is 1. The first-order valence-corrected chi connectivity index (χ1v) is 9.74. The molecule has 156 valence electrons. The molecule has 0 aliphatic carbocycles. The Labute approximate surface area is 178 Å². The molecule has 0 saturated carbocycles. The normalized spacial score (nSPS) is 11.6. The van der Waals surface area contributed by atoms with Gasteiger partial charge in [0.1, 0.15) is 29.7 Å². The average molecular weight is 417 g/mol. The predicted molar refractivity (Wildman–Crippen MR) is 112 cm³/mol. The second kappa shape index (κ2) is 9.62. The van der Waals surface area contributed by atoms with E-state index in [2.05, 4.69) is 20.8 Å². The summed E-state index contributed by atoms with van der Waals surface area (Å²) in [5, 5.41) is 14.1. The summed E-state index contributed by atoms with van der Waals surface area (Å²) >= 11 is 0. The van der Waals surface area contributed by atoms with Gasteiger partial charge in [0.2, 0.25) is 5.91 Å². The van der Waals surface area contributed by atoms with E-state index in [1.165, 1.54) is 23.1 Å². The topological polar surface area (TPSA) is 81.9 Å². The molecule has 4 aromatic rings. The van der Waals surface area contributed by atoms with Gasteiger partial charge in [-0.25, -0.2) is 9.07 Å². The molecule has 0 saturated heterocycles. The quantitative estimate of drug-likeness (QED) is 0.473. The number of benzene rings is 3. The Morgan fingerprint density at radius 2 is 1.61 bits per heavy atom. The minimum absolute atomic E-state index is 0.178. The maximum absolute atomic E-state index is 13.0. The summed E-state index contributed by atoms with van der Waals surface area (Å²) in [6.45, 7) is 0.350. The van der Waals surface area contributed by atoms with Crippen molar-refractivity contribution < 1.29 is 13.9 Å². The van der Waals surface area contributed by atoms with Crippen LogP contribution in [0.15, 0.2) is 85.2 Å². The first-order chi connectivity index (χ1) is 15.2. The third-order valence-electron chi connectivity index (χ3n) is 4.70. The number of aromatic nitrogens is 4. The van der Waals surface area contributed by atoms with Crippen LogP contribution in [0, 0.1) is 5.82 Å². The first-order valence-electron chi connectivity index (χ1n) is 9.74. The highest BCUT2D eigenvalue weighted by Crippen LogP contribution is 2.22. The Morgan fingerprint density at radius 1 is 0.935 bits per heavy atom. The molecule has 0 fully saturated rings. The van der Waals surface area contributed by atoms with Crippen LogP contribution in [-0.4, -0.2) is 26.1 Å². The molecule has 1 N–H and O–H groups in total. The fourth-order valence-electron chi connectivity index (χ4n) is 3.08. The number of tetrazole rings is 1. The SMILES string of the molecule is O=C(NCc1ccc(Oc2ccc(F)cc2)cc1)[C@H](Cc1ccccc1)n1cnnn1. The predicted octanol–water partition coefficient (Wildman–Crippen LogP) is 3.70. The second-order valence-electron chi connectivity index (χ2n) is 6.91. The molecule has 8 heteroatoms. The van der Waals surface area contributed by atoms with Crippen LogP contribution in [0.25, 0.3) is 0 Å². The molecule has 1 aromatic heterocycles. The zero-order valence-corrected chi connectivity index (χ0v) is 16.6. The van der Waals surface area contributed by atoms with Crippen molar-refractivity contribution in [1.29, 1.82) is 0 Å². The van der Waals surface area contributed by atoms with Gasteiger partial charge in [0, 0.05) is 13.0 Å². The van der Waals surface area contributed by atoms with E-state index < -0.39 is 6.04 Å². The van der Waals surface area contributed by atoms with Crippen molar-refractivity contribution in [3.8, 4) is 11.5 Å². The smallest absolute Gasteiger partial charge is 0.245 e. The molecule has 31 heavy (non-hydrogen) atoms. The maximum atomic E-state index is 13.0. The van der Waals surface area contributed by atoms with Gasteiger partial charge in [-0.2, -0.15) is 0 Å². The number of rotatable bonds is 8. The molecule has 0 aliphatic heterocycles. The second-order valence-corrected chi connectivity index (χ2v) is 6.91. The van der Waals surface area contributed by atoms with Gasteiger partial charge in [-0.05, 0) is 58.0 Å². The minimum atomic E-state index is -0.557. The number of carbonyl (C=O) groups excluding carboxylic acids is 1. The van der Waals surface area contributed by atoms with Crippen LogP contribution in [-0.2, 0) is 17.8 Å². The van der Waals surface area contributed by atoms with Gasteiger partial charge < -0.3 is 10.1 Å². The third-order valence-corrected chi connectivity index (χ3v) is 4.70. The van der Waals surface area contributed by atoms with Crippen LogP contribution in [0.5, 0.6) is 11.5 Å².